The van der Waals surface area contributed by atoms with Crippen LogP contribution in [-0.2, 0) is 0 Å². The molecule has 0 fully saturated rings. The summed E-state index contributed by atoms with van der Waals surface area (Å²) in [5, 5.41) is 0. The highest BCUT2D eigenvalue weighted by atomic mass is 19.1. The van der Waals surface area contributed by atoms with Gasteiger partial charge in [-0.25, -0.2) is 0 Å². The fourth-order valence-corrected chi connectivity index (χ4v) is 2.23. The smallest absolute Gasteiger partial charge is 0.0785 e. The van der Waals surface area contributed by atoms with Crippen LogP contribution < -0.4 is 0 Å². The van der Waals surface area contributed by atoms with Gasteiger partial charge in [0, 0.05) is 0 Å². The average molecular weight is 433 g/mol. The number of halogens is 1. The second-order valence-electron chi connectivity index (χ2n) is 5.75. The molecule has 0 bridgehead atoms. The fourth-order valence-electron chi connectivity index (χ4n) is 2.23. The van der Waals surface area contributed by atoms with Gasteiger partial charge in [0.2, 0.25) is 0 Å². The summed E-state index contributed by atoms with van der Waals surface area (Å²) in [6, 6.07) is 0. The summed E-state index contributed by atoms with van der Waals surface area (Å²) in [6.07, 6.45) is 13.0. The Balaban J connectivity index is -0.0000000682. The van der Waals surface area contributed by atoms with Gasteiger partial charge in [0.05, 0.1) is 7.18 Å². The van der Waals surface area contributed by atoms with E-state index in [1.807, 2.05) is 55.4 Å². The van der Waals surface area contributed by atoms with E-state index in [0.29, 0.717) is 7.18 Å². The van der Waals surface area contributed by atoms with E-state index in [1.165, 1.54) is 36.8 Å². The standard InChI is InChI=1S/C17H30.C3H8.4C2H6.CH3F/c1-7-10-14(4)13-17(12-9-3)16(6)15(5)11-8-2;1-3-2;5*1-2/h8,11-12,14H,7,9-10,13H2,1-6H3;3H2,1-2H3;4*1-2H3;1H3/b11-8-,16-15+,17-12+;;;;;;/t14-;;;;;;/m1....../s1. The maximum absolute atomic E-state index is 9.50. The number of hydrogen-bond acceptors (Lipinski definition) is 0. The Morgan fingerprint density at radius 3 is 1.43 bits per heavy atom. The summed E-state index contributed by atoms with van der Waals surface area (Å²) >= 11 is 0. The van der Waals surface area contributed by atoms with Gasteiger partial charge >= 0.3 is 0 Å². The first-order valence-electron chi connectivity index (χ1n) is 12.9. The van der Waals surface area contributed by atoms with Gasteiger partial charge in [-0.15, -0.1) is 0 Å². The lowest BCUT2D eigenvalue weighted by molar-refractivity contribution is 0.521. The molecule has 0 aromatic heterocycles. The zero-order valence-corrected chi connectivity index (χ0v) is 24.7. The van der Waals surface area contributed by atoms with Crippen molar-refractivity contribution in [3.8, 4) is 0 Å². The number of hydrogen-bond donors (Lipinski definition) is 0. The Morgan fingerprint density at radius 1 is 0.800 bits per heavy atom. The van der Waals surface area contributed by atoms with Crippen LogP contribution in [-0.4, -0.2) is 7.18 Å². The maximum atomic E-state index is 9.50. The van der Waals surface area contributed by atoms with Gasteiger partial charge in [-0.1, -0.05) is 127 Å². The highest BCUT2D eigenvalue weighted by Gasteiger charge is 2.07. The Morgan fingerprint density at radius 2 is 1.17 bits per heavy atom. The summed E-state index contributed by atoms with van der Waals surface area (Å²) in [5.74, 6) is 0.797. The summed E-state index contributed by atoms with van der Waals surface area (Å²) in [5.41, 5.74) is 4.41. The largest absolute Gasteiger partial charge is 0.255 e. The second kappa shape index (κ2) is 56.6. The minimum absolute atomic E-state index is 0.500. The fraction of sp³-hybridized carbons (Fsp3) is 0.793. The van der Waals surface area contributed by atoms with Crippen molar-refractivity contribution in [2.45, 2.75) is 143 Å². The molecule has 0 N–H and O–H groups in total. The predicted molar refractivity (Wildman–Crippen MR) is 149 cm³/mol. The zero-order chi connectivity index (χ0) is 26.0. The van der Waals surface area contributed by atoms with Crippen LogP contribution in [0.4, 0.5) is 4.39 Å². The topological polar surface area (TPSA) is 0 Å². The molecule has 0 saturated heterocycles. The van der Waals surface area contributed by atoms with Crippen molar-refractivity contribution >= 4 is 0 Å². The van der Waals surface area contributed by atoms with E-state index in [1.54, 1.807) is 5.57 Å². The van der Waals surface area contributed by atoms with Crippen LogP contribution in [0.25, 0.3) is 0 Å². The summed E-state index contributed by atoms with van der Waals surface area (Å²) in [7, 11) is 0.500. The van der Waals surface area contributed by atoms with Crippen molar-refractivity contribution in [2.75, 3.05) is 7.18 Å². The van der Waals surface area contributed by atoms with Gasteiger partial charge in [0.15, 0.2) is 0 Å². The molecule has 188 valence electrons. The van der Waals surface area contributed by atoms with Crippen molar-refractivity contribution in [1.29, 1.82) is 0 Å². The molecule has 0 unspecified atom stereocenters. The Kier molecular flexibility index (Phi) is 88.8. The van der Waals surface area contributed by atoms with Gasteiger partial charge in [-0.2, -0.15) is 0 Å². The Bertz CT molecular complexity index is 308. The molecular formula is C29H65F. The molecule has 0 aliphatic rings. The first kappa shape index (κ1) is 47.1. The zero-order valence-electron chi connectivity index (χ0n) is 24.7. The molecule has 0 aliphatic carbocycles. The van der Waals surface area contributed by atoms with E-state index in [0.717, 1.165) is 12.3 Å². The van der Waals surface area contributed by atoms with Gasteiger partial charge in [0.1, 0.15) is 0 Å². The number of allylic oxidation sites excluding steroid dienone is 6. The third kappa shape index (κ3) is 45.7. The van der Waals surface area contributed by atoms with Crippen LogP contribution in [0.2, 0.25) is 0 Å². The van der Waals surface area contributed by atoms with E-state index in [-0.39, 0.29) is 0 Å². The monoisotopic (exact) mass is 433 g/mol. The molecule has 1 heteroatoms. The van der Waals surface area contributed by atoms with Crippen LogP contribution in [0.3, 0.4) is 0 Å². The van der Waals surface area contributed by atoms with Crippen molar-refractivity contribution < 1.29 is 4.39 Å². The van der Waals surface area contributed by atoms with Crippen LogP contribution in [0.5, 0.6) is 0 Å². The van der Waals surface area contributed by atoms with E-state index >= 15 is 0 Å². The molecule has 30 heavy (non-hydrogen) atoms. The van der Waals surface area contributed by atoms with Crippen molar-refractivity contribution in [2.24, 2.45) is 5.92 Å². The molecule has 0 spiro atoms. The van der Waals surface area contributed by atoms with Crippen molar-refractivity contribution in [1.82, 2.24) is 0 Å². The molecule has 0 aromatic rings. The SMILES string of the molecule is CC.CC.CC.CC.CCC.CF.C\C=C/C(C)=C(C)/C(=C/CC)C[C@H](C)CCC. The third-order valence-electron chi connectivity index (χ3n) is 3.29. The lowest BCUT2D eigenvalue weighted by Crippen LogP contribution is -1.99. The molecule has 1 atom stereocenters. The van der Waals surface area contributed by atoms with Crippen LogP contribution >= 0.6 is 0 Å². The van der Waals surface area contributed by atoms with Gasteiger partial charge in [-0.05, 0) is 56.3 Å². The van der Waals surface area contributed by atoms with Crippen LogP contribution in [0.15, 0.2) is 34.9 Å². The normalized spacial score (nSPS) is 10.8. The Hall–Kier alpha value is -0.850. The minimum Gasteiger partial charge on any atom is -0.255 e. The highest BCUT2D eigenvalue weighted by Crippen LogP contribution is 2.25. The average Bonchev–Trinajstić information content (AvgIpc) is 2.80. The Labute approximate surface area is 195 Å². The van der Waals surface area contributed by atoms with E-state index in [9.17, 15) is 4.39 Å². The molecule has 0 aromatic carbocycles. The van der Waals surface area contributed by atoms with Crippen molar-refractivity contribution in [3.63, 3.8) is 0 Å². The summed E-state index contributed by atoms with van der Waals surface area (Å²) in [4.78, 5) is 0. The predicted octanol–water partition coefficient (Wildman–Crippen LogP) is 12.2. The van der Waals surface area contributed by atoms with Crippen LogP contribution in [0, 0.1) is 5.92 Å². The first-order valence-corrected chi connectivity index (χ1v) is 12.9. The van der Waals surface area contributed by atoms with Crippen LogP contribution in [0.1, 0.15) is 143 Å². The second-order valence-corrected chi connectivity index (χ2v) is 5.75. The van der Waals surface area contributed by atoms with E-state index in [4.69, 9.17) is 0 Å². The molecule has 0 aliphatic heterocycles. The van der Waals surface area contributed by atoms with Gasteiger partial charge in [-0.3, -0.25) is 4.39 Å². The summed E-state index contributed by atoms with van der Waals surface area (Å²) in [6.45, 7) is 33.7. The van der Waals surface area contributed by atoms with Crippen molar-refractivity contribution in [3.05, 3.63) is 34.9 Å². The lowest BCUT2D eigenvalue weighted by atomic mass is 9.90. The molecule has 0 amide bonds. The van der Waals surface area contributed by atoms with Gasteiger partial charge in [0.25, 0.3) is 0 Å². The highest BCUT2D eigenvalue weighted by molar-refractivity contribution is 5.37. The molecular weight excluding hydrogens is 367 g/mol. The molecule has 0 heterocycles. The summed E-state index contributed by atoms with van der Waals surface area (Å²) < 4.78 is 9.50. The van der Waals surface area contributed by atoms with E-state index in [2.05, 4.69) is 73.6 Å². The number of alkyl halides is 1. The molecule has 0 rings (SSSR count). The minimum atomic E-state index is 0.500. The first-order chi connectivity index (χ1) is 14.5. The molecule has 0 nitrogen and oxygen atoms in total. The third-order valence-corrected chi connectivity index (χ3v) is 3.29. The quantitative estimate of drug-likeness (QED) is 0.351. The molecule has 0 radical (unpaired) electrons. The van der Waals surface area contributed by atoms with Gasteiger partial charge < -0.3 is 0 Å². The number of rotatable bonds is 7. The van der Waals surface area contributed by atoms with E-state index < -0.39 is 0 Å². The maximum Gasteiger partial charge on any atom is 0.0785 e. The molecule has 0 saturated carbocycles. The lowest BCUT2D eigenvalue weighted by Gasteiger charge is -2.15.